The highest BCUT2D eigenvalue weighted by atomic mass is 32.2. The third-order valence-electron chi connectivity index (χ3n) is 2.59. The van der Waals surface area contributed by atoms with Gasteiger partial charge in [0.15, 0.2) is 5.75 Å². The number of carbonyl (C=O) groups excluding carboxylic acids is 1. The van der Waals surface area contributed by atoms with Crippen LogP contribution in [0, 0.1) is 16.0 Å². The maximum atomic E-state index is 11.3. The van der Waals surface area contributed by atoms with Crippen LogP contribution in [0.15, 0.2) is 23.1 Å². The molecular formula is C14H19NO5S. The minimum Gasteiger partial charge on any atom is -0.484 e. The highest BCUT2D eigenvalue weighted by Gasteiger charge is 2.18. The first-order valence-electron chi connectivity index (χ1n) is 6.50. The summed E-state index contributed by atoms with van der Waals surface area (Å²) >= 11 is 1.43. The molecule has 1 atom stereocenters. The quantitative estimate of drug-likeness (QED) is 0.333. The van der Waals surface area contributed by atoms with Crippen molar-refractivity contribution in [3.63, 3.8) is 0 Å². The van der Waals surface area contributed by atoms with E-state index in [4.69, 9.17) is 4.74 Å². The summed E-state index contributed by atoms with van der Waals surface area (Å²) in [6.45, 7) is 5.39. The van der Waals surface area contributed by atoms with Gasteiger partial charge in [0.1, 0.15) is 0 Å². The molecule has 116 valence electrons. The van der Waals surface area contributed by atoms with Crippen LogP contribution >= 0.6 is 11.8 Å². The van der Waals surface area contributed by atoms with Crippen LogP contribution in [0.4, 0.5) is 5.69 Å². The van der Waals surface area contributed by atoms with E-state index < -0.39 is 4.92 Å². The molecule has 0 aliphatic carbocycles. The van der Waals surface area contributed by atoms with Gasteiger partial charge in [-0.15, -0.1) is 11.8 Å². The third kappa shape index (κ3) is 5.26. The van der Waals surface area contributed by atoms with Crippen molar-refractivity contribution in [2.24, 2.45) is 5.92 Å². The molecule has 0 amide bonds. The van der Waals surface area contributed by atoms with Crippen molar-refractivity contribution < 1.29 is 19.2 Å². The van der Waals surface area contributed by atoms with Gasteiger partial charge in [-0.2, -0.15) is 0 Å². The summed E-state index contributed by atoms with van der Waals surface area (Å²) in [7, 11) is 1.35. The van der Waals surface area contributed by atoms with Crippen molar-refractivity contribution in [1.82, 2.24) is 0 Å². The number of nitro groups is 1. The van der Waals surface area contributed by atoms with Gasteiger partial charge in [0.2, 0.25) is 0 Å². The van der Waals surface area contributed by atoms with E-state index in [1.54, 1.807) is 19.1 Å². The van der Waals surface area contributed by atoms with Gasteiger partial charge in [0, 0.05) is 22.8 Å². The van der Waals surface area contributed by atoms with E-state index in [-0.39, 0.29) is 29.4 Å². The number of carbonyl (C=O) groups is 1. The Hall–Kier alpha value is -1.76. The van der Waals surface area contributed by atoms with Gasteiger partial charge in [0.05, 0.1) is 24.1 Å². The fourth-order valence-corrected chi connectivity index (χ4v) is 2.51. The summed E-state index contributed by atoms with van der Waals surface area (Å²) in [5.41, 5.74) is -0.0610. The highest BCUT2D eigenvalue weighted by molar-refractivity contribution is 7.99. The van der Waals surface area contributed by atoms with Gasteiger partial charge >= 0.3 is 11.7 Å². The molecular weight excluding hydrogens is 294 g/mol. The Morgan fingerprint density at radius 2 is 2.05 bits per heavy atom. The van der Waals surface area contributed by atoms with Crippen LogP contribution in [-0.4, -0.2) is 29.9 Å². The second kappa shape index (κ2) is 7.87. The van der Waals surface area contributed by atoms with Gasteiger partial charge in [-0.1, -0.05) is 6.92 Å². The molecule has 1 aromatic rings. The Morgan fingerprint density at radius 3 is 2.57 bits per heavy atom. The van der Waals surface area contributed by atoms with Gasteiger partial charge in [-0.05, 0) is 19.9 Å². The molecule has 0 aromatic heterocycles. The SMILES string of the molecule is COC(=O)C(C)CSc1ccc([N+](=O)[O-])c(OC(C)C)c1. The molecule has 0 radical (unpaired) electrons. The lowest BCUT2D eigenvalue weighted by Crippen LogP contribution is -2.14. The van der Waals surface area contributed by atoms with Crippen LogP contribution in [0.3, 0.4) is 0 Å². The Labute approximate surface area is 128 Å². The van der Waals surface area contributed by atoms with Crippen molar-refractivity contribution in [2.45, 2.75) is 31.8 Å². The van der Waals surface area contributed by atoms with E-state index >= 15 is 0 Å². The molecule has 0 spiro atoms. The van der Waals surface area contributed by atoms with E-state index in [2.05, 4.69) is 4.74 Å². The first-order chi connectivity index (χ1) is 9.85. The van der Waals surface area contributed by atoms with Crippen LogP contribution in [0.5, 0.6) is 5.75 Å². The summed E-state index contributed by atoms with van der Waals surface area (Å²) in [4.78, 5) is 22.6. The third-order valence-corrected chi connectivity index (χ3v) is 3.85. The number of methoxy groups -OCH3 is 1. The Kier molecular flexibility index (Phi) is 6.48. The summed E-state index contributed by atoms with van der Waals surface area (Å²) in [6, 6.07) is 4.70. The van der Waals surface area contributed by atoms with Crippen LogP contribution in [0.25, 0.3) is 0 Å². The van der Waals surface area contributed by atoms with Crippen molar-refractivity contribution >= 4 is 23.4 Å². The van der Waals surface area contributed by atoms with Gasteiger partial charge in [0.25, 0.3) is 0 Å². The van der Waals surface area contributed by atoms with E-state index in [1.165, 1.54) is 24.9 Å². The number of nitro benzene ring substituents is 1. The number of thioether (sulfide) groups is 1. The smallest absolute Gasteiger partial charge is 0.311 e. The second-order valence-electron chi connectivity index (χ2n) is 4.79. The average Bonchev–Trinajstić information content (AvgIpc) is 2.42. The number of benzene rings is 1. The zero-order chi connectivity index (χ0) is 16.0. The molecule has 0 saturated heterocycles. The molecule has 0 saturated carbocycles. The summed E-state index contributed by atoms with van der Waals surface area (Å²) in [6.07, 6.45) is -0.155. The van der Waals surface area contributed by atoms with E-state index in [1.807, 2.05) is 13.8 Å². The molecule has 1 unspecified atom stereocenters. The maximum Gasteiger partial charge on any atom is 0.311 e. The molecule has 21 heavy (non-hydrogen) atoms. The van der Waals surface area contributed by atoms with Gasteiger partial charge in [-0.25, -0.2) is 0 Å². The molecule has 0 aliphatic rings. The number of nitrogens with zero attached hydrogens (tertiary/aromatic N) is 1. The normalized spacial score (nSPS) is 12.0. The monoisotopic (exact) mass is 313 g/mol. The lowest BCUT2D eigenvalue weighted by molar-refractivity contribution is -0.386. The first kappa shape index (κ1) is 17.3. The summed E-state index contributed by atoms with van der Waals surface area (Å²) in [5.74, 6) is 0.254. The first-order valence-corrected chi connectivity index (χ1v) is 7.49. The number of esters is 1. The predicted molar refractivity (Wildman–Crippen MR) is 80.8 cm³/mol. The summed E-state index contributed by atoms with van der Waals surface area (Å²) in [5, 5.41) is 11.0. The zero-order valence-electron chi connectivity index (χ0n) is 12.5. The molecule has 0 heterocycles. The van der Waals surface area contributed by atoms with Crippen molar-refractivity contribution in [2.75, 3.05) is 12.9 Å². The Morgan fingerprint density at radius 1 is 1.38 bits per heavy atom. The van der Waals surface area contributed by atoms with Gasteiger partial charge < -0.3 is 9.47 Å². The topological polar surface area (TPSA) is 78.7 Å². The number of hydrogen-bond acceptors (Lipinski definition) is 6. The van der Waals surface area contributed by atoms with Crippen LogP contribution in [0.2, 0.25) is 0 Å². The van der Waals surface area contributed by atoms with Crippen molar-refractivity contribution in [3.8, 4) is 5.75 Å². The Bertz CT molecular complexity index is 518. The molecule has 7 heteroatoms. The Balaban J connectivity index is 2.85. The maximum absolute atomic E-state index is 11.3. The minimum atomic E-state index is -0.469. The van der Waals surface area contributed by atoms with Gasteiger partial charge in [-0.3, -0.25) is 14.9 Å². The second-order valence-corrected chi connectivity index (χ2v) is 5.88. The molecule has 6 nitrogen and oxygen atoms in total. The minimum absolute atomic E-state index is 0.0610. The van der Waals surface area contributed by atoms with Crippen molar-refractivity contribution in [1.29, 1.82) is 0 Å². The van der Waals surface area contributed by atoms with Crippen LogP contribution < -0.4 is 4.74 Å². The van der Waals surface area contributed by atoms with E-state index in [9.17, 15) is 14.9 Å². The zero-order valence-corrected chi connectivity index (χ0v) is 13.3. The van der Waals surface area contributed by atoms with Crippen molar-refractivity contribution in [3.05, 3.63) is 28.3 Å². The lowest BCUT2D eigenvalue weighted by Gasteiger charge is -2.12. The summed E-state index contributed by atoms with van der Waals surface area (Å²) < 4.78 is 10.1. The highest BCUT2D eigenvalue weighted by Crippen LogP contribution is 2.33. The molecule has 0 bridgehead atoms. The fourth-order valence-electron chi connectivity index (χ4n) is 1.57. The molecule has 1 aromatic carbocycles. The predicted octanol–water partition coefficient (Wildman–Crippen LogP) is 3.28. The molecule has 0 aliphatic heterocycles. The van der Waals surface area contributed by atoms with Crippen LogP contribution in [0.1, 0.15) is 20.8 Å². The number of hydrogen-bond donors (Lipinski definition) is 0. The molecule has 0 fully saturated rings. The van der Waals surface area contributed by atoms with E-state index in [0.717, 1.165) is 4.90 Å². The standard InChI is InChI=1S/C14H19NO5S/c1-9(2)20-13-7-11(5-6-12(13)15(17)18)21-8-10(3)14(16)19-4/h5-7,9-10H,8H2,1-4H3. The number of ether oxygens (including phenoxy) is 2. The van der Waals surface area contributed by atoms with Crippen LogP contribution in [-0.2, 0) is 9.53 Å². The number of rotatable bonds is 7. The molecule has 1 rings (SSSR count). The lowest BCUT2D eigenvalue weighted by atomic mass is 10.2. The van der Waals surface area contributed by atoms with E-state index in [0.29, 0.717) is 5.75 Å². The average molecular weight is 313 g/mol. The fraction of sp³-hybridized carbons (Fsp3) is 0.500. The largest absolute Gasteiger partial charge is 0.484 e. The molecule has 0 N–H and O–H groups in total.